The zero-order chi connectivity index (χ0) is 26.1. The molecule has 10 heteroatoms. The molecule has 1 N–H and O–H groups in total. The third kappa shape index (κ3) is 2.69. The number of aliphatic carboxylic acids is 1. The van der Waals surface area contributed by atoms with Gasteiger partial charge in [0, 0.05) is 36.3 Å². The second-order valence-corrected chi connectivity index (χ2v) is 12.1. The number of carbonyl (C=O) groups is 3. The van der Waals surface area contributed by atoms with Crippen LogP contribution >= 0.6 is 0 Å². The van der Waals surface area contributed by atoms with Crippen LogP contribution in [0.2, 0.25) is 0 Å². The van der Waals surface area contributed by atoms with E-state index in [4.69, 9.17) is 33.2 Å². The Kier molecular flexibility index (Phi) is 4.57. The predicted octanol–water partition coefficient (Wildman–Crippen LogP) is 2.89. The van der Waals surface area contributed by atoms with Crippen LogP contribution in [0.4, 0.5) is 0 Å². The Balaban J connectivity index is 1.20. The first kappa shape index (κ1) is 23.7. The molecule has 10 nitrogen and oxygen atoms in total. The molecule has 7 rings (SSSR count). The van der Waals surface area contributed by atoms with Crippen molar-refractivity contribution in [2.75, 3.05) is 0 Å². The van der Waals surface area contributed by atoms with E-state index in [1.165, 1.54) is 6.92 Å². The standard InChI is InChI=1S/C27H32O10/c1-12(2)25-20(36-25)21-27(37-21)24(4)9-8-14-15(11-32-22(14)34-19(31)7-5-6-18(29)30)16(24)10-17-26(27,35-17)23(25)33-13(3)28/h11-12,16-17,20-21,23H,5-10H2,1-4H3,(H,29,30)/t16?,17-,20-,21-,23+,24-,25-,26+,27+/m0/s1. The molecule has 3 saturated heterocycles. The second kappa shape index (κ2) is 7.15. The van der Waals surface area contributed by atoms with Gasteiger partial charge in [0.15, 0.2) is 11.7 Å². The molecule has 5 fully saturated rings. The molecular weight excluding hydrogens is 484 g/mol. The van der Waals surface area contributed by atoms with Gasteiger partial charge in [0.25, 0.3) is 5.95 Å². The molecular formula is C27H32O10. The monoisotopic (exact) mass is 516 g/mol. The van der Waals surface area contributed by atoms with Crippen LogP contribution in [0.25, 0.3) is 0 Å². The summed E-state index contributed by atoms with van der Waals surface area (Å²) in [6.07, 6.45) is 2.97. The molecule has 37 heavy (non-hydrogen) atoms. The van der Waals surface area contributed by atoms with Crippen LogP contribution in [0.1, 0.15) is 76.8 Å². The molecule has 0 radical (unpaired) electrons. The number of hydrogen-bond donors (Lipinski definition) is 1. The number of carbonyl (C=O) groups excluding carboxylic acids is 2. The summed E-state index contributed by atoms with van der Waals surface area (Å²) in [6, 6.07) is 0. The highest BCUT2D eigenvalue weighted by Crippen LogP contribution is 2.83. The minimum atomic E-state index is -0.945. The van der Waals surface area contributed by atoms with Crippen molar-refractivity contribution in [2.24, 2.45) is 11.3 Å². The molecule has 1 aromatic heterocycles. The van der Waals surface area contributed by atoms with E-state index >= 15 is 0 Å². The number of ether oxygens (including phenoxy) is 5. The van der Waals surface area contributed by atoms with Crippen LogP contribution in [-0.2, 0) is 39.8 Å². The summed E-state index contributed by atoms with van der Waals surface area (Å²) < 4.78 is 36.9. The lowest BCUT2D eigenvalue weighted by molar-refractivity contribution is -0.166. The van der Waals surface area contributed by atoms with Crippen LogP contribution in [0.5, 0.6) is 5.95 Å². The lowest BCUT2D eigenvalue weighted by Gasteiger charge is -2.53. The first-order valence-electron chi connectivity index (χ1n) is 13.3. The van der Waals surface area contributed by atoms with E-state index < -0.39 is 34.8 Å². The average Bonchev–Trinajstić information content (AvgIpc) is 3.72. The topological polar surface area (TPSA) is 141 Å². The van der Waals surface area contributed by atoms with Gasteiger partial charge >= 0.3 is 17.9 Å². The summed E-state index contributed by atoms with van der Waals surface area (Å²) in [5, 5.41) is 8.80. The molecule has 200 valence electrons. The van der Waals surface area contributed by atoms with Crippen LogP contribution in [-0.4, -0.2) is 64.2 Å². The molecule has 6 aliphatic rings. The van der Waals surface area contributed by atoms with Gasteiger partial charge in [0.05, 0.1) is 12.4 Å². The molecule has 0 amide bonds. The van der Waals surface area contributed by atoms with Crippen molar-refractivity contribution < 1.29 is 47.6 Å². The van der Waals surface area contributed by atoms with Crippen molar-refractivity contribution in [1.82, 2.24) is 0 Å². The zero-order valence-electron chi connectivity index (χ0n) is 21.4. The lowest BCUT2D eigenvalue weighted by Crippen LogP contribution is -2.69. The van der Waals surface area contributed by atoms with E-state index in [-0.39, 0.29) is 66.7 Å². The van der Waals surface area contributed by atoms with Crippen molar-refractivity contribution in [2.45, 2.75) is 113 Å². The number of carboxylic acid groups (broad SMARTS) is 1. The normalized spacial score (nSPS) is 45.3. The maximum absolute atomic E-state index is 12.3. The van der Waals surface area contributed by atoms with Gasteiger partial charge in [-0.1, -0.05) is 20.8 Å². The average molecular weight is 517 g/mol. The van der Waals surface area contributed by atoms with E-state index in [1.807, 2.05) is 0 Å². The molecule has 1 unspecified atom stereocenters. The minimum absolute atomic E-state index is 0.0104. The molecule has 1 aromatic rings. The van der Waals surface area contributed by atoms with Crippen LogP contribution in [0.3, 0.4) is 0 Å². The Morgan fingerprint density at radius 1 is 1.16 bits per heavy atom. The van der Waals surface area contributed by atoms with E-state index in [9.17, 15) is 14.4 Å². The van der Waals surface area contributed by atoms with E-state index in [1.54, 1.807) is 6.26 Å². The van der Waals surface area contributed by atoms with E-state index in [0.29, 0.717) is 12.8 Å². The predicted molar refractivity (Wildman–Crippen MR) is 123 cm³/mol. The lowest BCUT2D eigenvalue weighted by atomic mass is 9.47. The zero-order valence-corrected chi connectivity index (χ0v) is 21.4. The molecule has 9 atom stereocenters. The summed E-state index contributed by atoms with van der Waals surface area (Å²) >= 11 is 0. The quantitative estimate of drug-likeness (QED) is 0.425. The Bertz CT molecular complexity index is 1220. The van der Waals surface area contributed by atoms with Crippen molar-refractivity contribution in [3.8, 4) is 5.95 Å². The number of carboxylic acids is 1. The van der Waals surface area contributed by atoms with Gasteiger partial charge in [-0.2, -0.15) is 0 Å². The maximum Gasteiger partial charge on any atom is 0.313 e. The summed E-state index contributed by atoms with van der Waals surface area (Å²) in [6.45, 7) is 7.86. The van der Waals surface area contributed by atoms with Crippen molar-refractivity contribution in [1.29, 1.82) is 0 Å². The number of epoxide rings is 3. The summed E-state index contributed by atoms with van der Waals surface area (Å²) in [5.41, 5.74) is -0.398. The molecule has 3 aliphatic carbocycles. The second-order valence-electron chi connectivity index (χ2n) is 12.1. The van der Waals surface area contributed by atoms with Crippen LogP contribution < -0.4 is 4.74 Å². The number of fused-ring (bicyclic) bond motifs is 5. The number of rotatable bonds is 7. The fourth-order valence-electron chi connectivity index (χ4n) is 8.47. The van der Waals surface area contributed by atoms with Crippen LogP contribution in [0.15, 0.2) is 10.7 Å². The molecule has 2 spiro atoms. The molecule has 0 bridgehead atoms. The molecule has 2 saturated carbocycles. The van der Waals surface area contributed by atoms with E-state index in [0.717, 1.165) is 17.5 Å². The first-order chi connectivity index (χ1) is 17.5. The van der Waals surface area contributed by atoms with Gasteiger partial charge in [-0.25, -0.2) is 0 Å². The van der Waals surface area contributed by atoms with Crippen molar-refractivity contribution >= 4 is 17.9 Å². The fourth-order valence-corrected chi connectivity index (χ4v) is 8.47. The molecule has 3 aliphatic heterocycles. The van der Waals surface area contributed by atoms with Gasteiger partial charge < -0.3 is 33.2 Å². The summed E-state index contributed by atoms with van der Waals surface area (Å²) in [5.74, 6) is -1.42. The van der Waals surface area contributed by atoms with Gasteiger partial charge in [0.1, 0.15) is 23.4 Å². The highest BCUT2D eigenvalue weighted by Gasteiger charge is 3.01. The van der Waals surface area contributed by atoms with Crippen molar-refractivity contribution in [3.63, 3.8) is 0 Å². The van der Waals surface area contributed by atoms with Gasteiger partial charge in [-0.15, -0.1) is 0 Å². The molecule has 4 heterocycles. The third-order valence-corrected chi connectivity index (χ3v) is 10.2. The van der Waals surface area contributed by atoms with Crippen LogP contribution in [0, 0.1) is 11.3 Å². The highest BCUT2D eigenvalue weighted by molar-refractivity contribution is 5.73. The van der Waals surface area contributed by atoms with E-state index in [2.05, 4.69) is 20.8 Å². The van der Waals surface area contributed by atoms with Crippen molar-refractivity contribution in [3.05, 3.63) is 17.4 Å². The summed E-state index contributed by atoms with van der Waals surface area (Å²) in [4.78, 5) is 35.3. The Labute approximate surface area is 213 Å². The SMILES string of the molecule is CC(=O)O[C@@H]1[C@@]2(C(C)C)O[C@H]2[C@@H]2O[C@]23[C@]12O[C@H]2CC1c2coc(OC(=O)CCCC(=O)O)c2CC[C@@]13C. The number of hydrogen-bond acceptors (Lipinski definition) is 9. The Morgan fingerprint density at radius 3 is 2.65 bits per heavy atom. The Hall–Kier alpha value is -2.43. The summed E-state index contributed by atoms with van der Waals surface area (Å²) in [7, 11) is 0. The maximum atomic E-state index is 12.3. The third-order valence-electron chi connectivity index (χ3n) is 10.2. The fraction of sp³-hybridized carbons (Fsp3) is 0.741. The Morgan fingerprint density at radius 2 is 1.95 bits per heavy atom. The largest absolute Gasteiger partial charge is 0.481 e. The van der Waals surface area contributed by atoms with Gasteiger partial charge in [-0.3, -0.25) is 14.4 Å². The van der Waals surface area contributed by atoms with Gasteiger partial charge in [0.2, 0.25) is 0 Å². The first-order valence-corrected chi connectivity index (χ1v) is 13.3. The minimum Gasteiger partial charge on any atom is -0.481 e. The number of esters is 2. The van der Waals surface area contributed by atoms with Gasteiger partial charge in [-0.05, 0) is 37.5 Å². The number of furan rings is 1. The smallest absolute Gasteiger partial charge is 0.313 e. The molecule has 0 aromatic carbocycles. The highest BCUT2D eigenvalue weighted by atomic mass is 16.8.